The zero-order valence-electron chi connectivity index (χ0n) is 14.3. The third-order valence-corrected chi connectivity index (χ3v) is 3.90. The van der Waals surface area contributed by atoms with Gasteiger partial charge in [0, 0.05) is 40.9 Å². The van der Waals surface area contributed by atoms with E-state index in [4.69, 9.17) is 32.7 Å². The van der Waals surface area contributed by atoms with Crippen molar-refractivity contribution < 1.29 is 9.47 Å². The van der Waals surface area contributed by atoms with Gasteiger partial charge in [0.1, 0.15) is 0 Å². The van der Waals surface area contributed by atoms with Crippen molar-refractivity contribution in [1.82, 2.24) is 10.2 Å². The van der Waals surface area contributed by atoms with Crippen LogP contribution in [0.15, 0.2) is 23.2 Å². The molecule has 0 radical (unpaired) electrons. The molecule has 0 unspecified atom stereocenters. The van der Waals surface area contributed by atoms with Gasteiger partial charge in [-0.3, -0.25) is 4.99 Å². The van der Waals surface area contributed by atoms with E-state index < -0.39 is 0 Å². The van der Waals surface area contributed by atoms with Gasteiger partial charge in [-0.2, -0.15) is 0 Å². The van der Waals surface area contributed by atoms with E-state index in [0.29, 0.717) is 36.4 Å². The molecule has 24 heavy (non-hydrogen) atoms. The Balaban J connectivity index is 0.00000529. The predicted molar refractivity (Wildman–Crippen MR) is 112 cm³/mol. The normalized spacial score (nSPS) is 11.1. The summed E-state index contributed by atoms with van der Waals surface area (Å²) < 4.78 is 10.3. The smallest absolute Gasteiger partial charge is 0.193 e. The van der Waals surface area contributed by atoms with E-state index in [1.807, 2.05) is 24.1 Å². The maximum atomic E-state index is 6.05. The Bertz CT molecular complexity index is 504. The Hall–Kier alpha value is -0.280. The van der Waals surface area contributed by atoms with Gasteiger partial charge >= 0.3 is 0 Å². The lowest BCUT2D eigenvalue weighted by molar-refractivity contribution is 0.0698. The number of hydrogen-bond acceptors (Lipinski definition) is 3. The van der Waals surface area contributed by atoms with Gasteiger partial charge in [0.05, 0.1) is 23.3 Å². The fourth-order valence-corrected chi connectivity index (χ4v) is 2.31. The van der Waals surface area contributed by atoms with E-state index in [0.717, 1.165) is 24.5 Å². The molecular weight excluding hydrogens is 464 g/mol. The summed E-state index contributed by atoms with van der Waals surface area (Å²) >= 11 is 12.0. The highest BCUT2D eigenvalue weighted by atomic mass is 127. The molecule has 0 amide bonds. The lowest BCUT2D eigenvalue weighted by Crippen LogP contribution is -2.39. The second-order valence-electron chi connectivity index (χ2n) is 5.04. The first-order chi connectivity index (χ1) is 11.1. The first-order valence-electron chi connectivity index (χ1n) is 7.51. The number of nitrogens with zero attached hydrogens (tertiary/aromatic N) is 2. The molecule has 0 bridgehead atoms. The Kier molecular flexibility index (Phi) is 13.8. The molecule has 8 heteroatoms. The van der Waals surface area contributed by atoms with Crippen LogP contribution in [0, 0.1) is 0 Å². The zero-order valence-corrected chi connectivity index (χ0v) is 18.2. The summed E-state index contributed by atoms with van der Waals surface area (Å²) in [5.74, 6) is 0.827. The average Bonchev–Trinajstić information content (AvgIpc) is 2.53. The Morgan fingerprint density at radius 2 is 1.96 bits per heavy atom. The standard InChI is InChI=1S/C16H25Cl2N3O2.HI/c1-19-16(20-7-4-8-23-10-9-22-3)21(2)12-13-5-6-14(17)15(18)11-13;/h5-6,11H,4,7-10,12H2,1-3H3,(H,19,20);1H. The summed E-state index contributed by atoms with van der Waals surface area (Å²) in [6.45, 7) is 3.44. The number of methoxy groups -OCH3 is 1. The highest BCUT2D eigenvalue weighted by Crippen LogP contribution is 2.23. The molecule has 0 aliphatic rings. The van der Waals surface area contributed by atoms with E-state index in [9.17, 15) is 0 Å². The lowest BCUT2D eigenvalue weighted by Gasteiger charge is -2.22. The van der Waals surface area contributed by atoms with Gasteiger partial charge in [0.2, 0.25) is 0 Å². The number of aliphatic imine (C=N–C) groups is 1. The second-order valence-corrected chi connectivity index (χ2v) is 5.85. The van der Waals surface area contributed by atoms with Crippen molar-refractivity contribution in [3.05, 3.63) is 33.8 Å². The Labute approximate surface area is 171 Å². The molecule has 0 aromatic heterocycles. The van der Waals surface area contributed by atoms with Crippen molar-refractivity contribution in [3.63, 3.8) is 0 Å². The van der Waals surface area contributed by atoms with Crippen LogP contribution in [0.5, 0.6) is 0 Å². The van der Waals surface area contributed by atoms with Crippen LogP contribution in [0.25, 0.3) is 0 Å². The van der Waals surface area contributed by atoms with E-state index in [2.05, 4.69) is 10.3 Å². The minimum Gasteiger partial charge on any atom is -0.382 e. The van der Waals surface area contributed by atoms with Crippen molar-refractivity contribution >= 4 is 53.1 Å². The summed E-state index contributed by atoms with van der Waals surface area (Å²) in [6, 6.07) is 5.64. The fourth-order valence-electron chi connectivity index (χ4n) is 1.99. The van der Waals surface area contributed by atoms with Crippen LogP contribution < -0.4 is 5.32 Å². The molecule has 0 spiro atoms. The molecule has 0 atom stereocenters. The number of nitrogens with one attached hydrogen (secondary N) is 1. The molecule has 0 heterocycles. The number of guanidine groups is 1. The summed E-state index contributed by atoms with van der Waals surface area (Å²) in [7, 11) is 5.41. The monoisotopic (exact) mass is 489 g/mol. The minimum atomic E-state index is 0. The van der Waals surface area contributed by atoms with Crippen LogP contribution in [-0.2, 0) is 16.0 Å². The molecule has 5 nitrogen and oxygen atoms in total. The number of hydrogen-bond donors (Lipinski definition) is 1. The highest BCUT2D eigenvalue weighted by molar-refractivity contribution is 14.0. The molecule has 1 rings (SSSR count). The topological polar surface area (TPSA) is 46.1 Å². The van der Waals surface area contributed by atoms with Gasteiger partial charge < -0.3 is 19.7 Å². The largest absolute Gasteiger partial charge is 0.382 e. The van der Waals surface area contributed by atoms with Crippen molar-refractivity contribution in [2.24, 2.45) is 4.99 Å². The van der Waals surface area contributed by atoms with Crippen LogP contribution in [0.4, 0.5) is 0 Å². The van der Waals surface area contributed by atoms with E-state index in [1.165, 1.54) is 0 Å². The molecule has 1 aromatic rings. The number of rotatable bonds is 9. The van der Waals surface area contributed by atoms with Gasteiger partial charge in [-0.05, 0) is 24.1 Å². The van der Waals surface area contributed by atoms with E-state index >= 15 is 0 Å². The van der Waals surface area contributed by atoms with E-state index in [-0.39, 0.29) is 24.0 Å². The molecule has 1 aromatic carbocycles. The summed E-state index contributed by atoms with van der Waals surface area (Å²) in [5, 5.41) is 4.44. The fraction of sp³-hybridized carbons (Fsp3) is 0.562. The maximum Gasteiger partial charge on any atom is 0.193 e. The van der Waals surface area contributed by atoms with Crippen LogP contribution in [-0.4, -0.2) is 58.4 Å². The molecule has 1 N–H and O–H groups in total. The van der Waals surface area contributed by atoms with Crippen LogP contribution in [0.1, 0.15) is 12.0 Å². The predicted octanol–water partition coefficient (Wildman–Crippen LogP) is 3.67. The first kappa shape index (κ1) is 23.7. The molecule has 0 saturated heterocycles. The molecule has 0 saturated carbocycles. The Morgan fingerprint density at radius 3 is 2.58 bits per heavy atom. The maximum absolute atomic E-state index is 6.05. The van der Waals surface area contributed by atoms with Crippen LogP contribution in [0.3, 0.4) is 0 Å². The van der Waals surface area contributed by atoms with Gasteiger partial charge in [-0.25, -0.2) is 0 Å². The number of halogens is 3. The van der Waals surface area contributed by atoms with Crippen molar-refractivity contribution in [2.75, 3.05) is 47.6 Å². The third-order valence-electron chi connectivity index (χ3n) is 3.16. The summed E-state index contributed by atoms with van der Waals surface area (Å²) in [4.78, 5) is 6.32. The Morgan fingerprint density at radius 1 is 1.21 bits per heavy atom. The number of benzene rings is 1. The second kappa shape index (κ2) is 13.9. The van der Waals surface area contributed by atoms with Crippen molar-refractivity contribution in [3.8, 4) is 0 Å². The minimum absolute atomic E-state index is 0. The number of ether oxygens (including phenoxy) is 2. The highest BCUT2D eigenvalue weighted by Gasteiger charge is 2.07. The van der Waals surface area contributed by atoms with Gasteiger partial charge in [0.15, 0.2) is 5.96 Å². The molecule has 138 valence electrons. The van der Waals surface area contributed by atoms with Gasteiger partial charge in [-0.15, -0.1) is 24.0 Å². The van der Waals surface area contributed by atoms with E-state index in [1.54, 1.807) is 20.2 Å². The van der Waals surface area contributed by atoms with Gasteiger partial charge in [0.25, 0.3) is 0 Å². The zero-order chi connectivity index (χ0) is 17.1. The quantitative estimate of drug-likeness (QED) is 0.249. The van der Waals surface area contributed by atoms with Crippen LogP contribution in [0.2, 0.25) is 10.0 Å². The lowest BCUT2D eigenvalue weighted by atomic mass is 10.2. The average molecular weight is 490 g/mol. The third kappa shape index (κ3) is 9.27. The molecule has 0 aliphatic heterocycles. The summed E-state index contributed by atoms with van der Waals surface area (Å²) in [6.07, 6.45) is 0.906. The molecular formula is C16H26Cl2IN3O2. The van der Waals surface area contributed by atoms with Crippen LogP contribution >= 0.6 is 47.2 Å². The van der Waals surface area contributed by atoms with Crippen molar-refractivity contribution in [2.45, 2.75) is 13.0 Å². The SMILES string of the molecule is CN=C(NCCCOCCOC)N(C)Cc1ccc(Cl)c(Cl)c1.I. The van der Waals surface area contributed by atoms with Crippen molar-refractivity contribution in [1.29, 1.82) is 0 Å². The molecule has 0 aliphatic carbocycles. The van der Waals surface area contributed by atoms with Gasteiger partial charge in [-0.1, -0.05) is 29.3 Å². The summed E-state index contributed by atoms with van der Waals surface area (Å²) in [5.41, 5.74) is 1.08. The first-order valence-corrected chi connectivity index (χ1v) is 8.26. The molecule has 0 fully saturated rings.